The molecule has 0 rings (SSSR count). The van der Waals surface area contributed by atoms with E-state index in [0.717, 1.165) is 18.4 Å². The Bertz CT molecular complexity index is 352. The third-order valence-electron chi connectivity index (χ3n) is 2.68. The average molecular weight is 250 g/mol. The summed E-state index contributed by atoms with van der Waals surface area (Å²) >= 11 is 0. The van der Waals surface area contributed by atoms with Crippen LogP contribution in [0.25, 0.3) is 0 Å². The summed E-state index contributed by atoms with van der Waals surface area (Å²) in [7, 11) is 0. The van der Waals surface area contributed by atoms with Crippen LogP contribution in [0.4, 0.5) is 0 Å². The van der Waals surface area contributed by atoms with Crippen LogP contribution in [0.3, 0.4) is 0 Å². The molecule has 1 N–H and O–H groups in total. The minimum absolute atomic E-state index is 0.106. The van der Waals surface area contributed by atoms with Crippen molar-refractivity contribution in [3.8, 4) is 0 Å². The first-order valence-corrected chi connectivity index (χ1v) is 6.43. The van der Waals surface area contributed by atoms with E-state index in [-0.39, 0.29) is 17.8 Å². The van der Waals surface area contributed by atoms with Gasteiger partial charge in [0.05, 0.1) is 6.61 Å². The predicted molar refractivity (Wildman–Crippen MR) is 77.4 cm³/mol. The zero-order valence-electron chi connectivity index (χ0n) is 12.3. The minimum Gasteiger partial charge on any atom is -0.392 e. The maximum Gasteiger partial charge on any atom is 0.160 e. The summed E-state index contributed by atoms with van der Waals surface area (Å²) in [6, 6.07) is 0. The third kappa shape index (κ3) is 8.02. The van der Waals surface area contributed by atoms with E-state index in [4.69, 9.17) is 5.11 Å². The van der Waals surface area contributed by atoms with Gasteiger partial charge in [0, 0.05) is 5.41 Å². The van der Waals surface area contributed by atoms with Crippen LogP contribution in [0.5, 0.6) is 0 Å². The second kappa shape index (κ2) is 8.04. The van der Waals surface area contributed by atoms with Gasteiger partial charge in [0.1, 0.15) is 0 Å². The van der Waals surface area contributed by atoms with Crippen LogP contribution in [0, 0.1) is 5.41 Å². The van der Waals surface area contributed by atoms with Gasteiger partial charge in [0.15, 0.2) is 5.78 Å². The number of aliphatic hydroxyl groups is 1. The van der Waals surface area contributed by atoms with E-state index in [2.05, 4.69) is 6.08 Å². The first kappa shape index (κ1) is 16.9. The van der Waals surface area contributed by atoms with Crippen LogP contribution in [0.2, 0.25) is 0 Å². The highest BCUT2D eigenvalue weighted by molar-refractivity contribution is 5.94. The zero-order chi connectivity index (χ0) is 14.2. The van der Waals surface area contributed by atoms with Crippen molar-refractivity contribution in [3.63, 3.8) is 0 Å². The number of aliphatic hydroxyl groups excluding tert-OH is 1. The molecule has 0 atom stereocenters. The Labute approximate surface area is 111 Å². The Hall–Kier alpha value is -1.15. The minimum atomic E-state index is -0.308. The van der Waals surface area contributed by atoms with E-state index in [0.29, 0.717) is 0 Å². The fourth-order valence-corrected chi connectivity index (χ4v) is 1.31. The Morgan fingerprint density at radius 1 is 1.11 bits per heavy atom. The number of carbonyl (C=O) groups excluding carboxylic acids is 1. The number of rotatable bonds is 6. The summed E-state index contributed by atoms with van der Waals surface area (Å²) in [4.78, 5) is 11.7. The van der Waals surface area contributed by atoms with Gasteiger partial charge in [-0.2, -0.15) is 0 Å². The summed E-state index contributed by atoms with van der Waals surface area (Å²) in [6.07, 6.45) is 9.34. The van der Waals surface area contributed by atoms with E-state index < -0.39 is 0 Å². The van der Waals surface area contributed by atoms with E-state index in [9.17, 15) is 4.79 Å². The number of carbonyl (C=O) groups is 1. The molecular weight excluding hydrogens is 224 g/mol. The number of hydrogen-bond donors (Lipinski definition) is 1. The lowest BCUT2D eigenvalue weighted by molar-refractivity contribution is -0.121. The molecule has 18 heavy (non-hydrogen) atoms. The summed E-state index contributed by atoms with van der Waals surface area (Å²) in [6.45, 7) is 9.87. The molecule has 0 radical (unpaired) electrons. The maximum atomic E-state index is 11.7. The Morgan fingerprint density at radius 2 is 1.72 bits per heavy atom. The van der Waals surface area contributed by atoms with Gasteiger partial charge in [-0.25, -0.2) is 0 Å². The highest BCUT2D eigenvalue weighted by Gasteiger charge is 2.17. The fourth-order valence-electron chi connectivity index (χ4n) is 1.31. The van der Waals surface area contributed by atoms with Crippen LogP contribution < -0.4 is 0 Å². The monoisotopic (exact) mass is 250 g/mol. The summed E-state index contributed by atoms with van der Waals surface area (Å²) in [5, 5.41) is 8.73. The van der Waals surface area contributed by atoms with Crippen molar-refractivity contribution < 1.29 is 9.90 Å². The van der Waals surface area contributed by atoms with Crippen molar-refractivity contribution in [1.82, 2.24) is 0 Å². The van der Waals surface area contributed by atoms with Gasteiger partial charge < -0.3 is 5.11 Å². The van der Waals surface area contributed by atoms with Gasteiger partial charge in [-0.15, -0.1) is 0 Å². The van der Waals surface area contributed by atoms with E-state index in [1.54, 1.807) is 6.08 Å². The first-order valence-electron chi connectivity index (χ1n) is 6.43. The topological polar surface area (TPSA) is 37.3 Å². The fraction of sp³-hybridized carbons (Fsp3) is 0.562. The summed E-state index contributed by atoms with van der Waals surface area (Å²) < 4.78 is 0. The SMILES string of the molecule is CC(/C=C/C(=O)C(C)(C)C)=C\CC/C(C)=C/CO. The largest absolute Gasteiger partial charge is 0.392 e. The smallest absolute Gasteiger partial charge is 0.160 e. The van der Waals surface area contributed by atoms with E-state index in [1.165, 1.54) is 5.57 Å². The molecule has 0 bridgehead atoms. The number of allylic oxidation sites excluding steroid dienone is 5. The number of hydrogen-bond acceptors (Lipinski definition) is 2. The molecule has 0 aliphatic heterocycles. The molecule has 0 aromatic heterocycles. The number of ketones is 1. The lowest BCUT2D eigenvalue weighted by Crippen LogP contribution is -2.17. The molecule has 0 fully saturated rings. The lowest BCUT2D eigenvalue weighted by atomic mass is 9.90. The summed E-state index contributed by atoms with van der Waals surface area (Å²) in [5.74, 6) is 0.145. The van der Waals surface area contributed by atoms with Crippen molar-refractivity contribution in [2.75, 3.05) is 6.61 Å². The highest BCUT2D eigenvalue weighted by atomic mass is 16.2. The Kier molecular flexibility index (Phi) is 7.53. The molecule has 0 aliphatic carbocycles. The first-order chi connectivity index (χ1) is 8.27. The molecule has 2 nitrogen and oxygen atoms in total. The van der Waals surface area contributed by atoms with Crippen molar-refractivity contribution in [1.29, 1.82) is 0 Å². The van der Waals surface area contributed by atoms with E-state index in [1.807, 2.05) is 46.8 Å². The van der Waals surface area contributed by atoms with Crippen LogP contribution >= 0.6 is 0 Å². The zero-order valence-corrected chi connectivity index (χ0v) is 12.3. The molecule has 0 aliphatic rings. The molecule has 2 heteroatoms. The molecule has 0 spiro atoms. The van der Waals surface area contributed by atoms with Crippen molar-refractivity contribution >= 4 is 5.78 Å². The quantitative estimate of drug-likeness (QED) is 0.442. The molecule has 0 saturated heterocycles. The lowest BCUT2D eigenvalue weighted by Gasteiger charge is -2.12. The average Bonchev–Trinajstić information content (AvgIpc) is 2.24. The Balaban J connectivity index is 4.25. The van der Waals surface area contributed by atoms with Crippen molar-refractivity contribution in [3.05, 3.63) is 35.5 Å². The molecule has 0 amide bonds. The third-order valence-corrected chi connectivity index (χ3v) is 2.68. The van der Waals surface area contributed by atoms with Crippen molar-refractivity contribution in [2.45, 2.75) is 47.5 Å². The Morgan fingerprint density at radius 3 is 2.22 bits per heavy atom. The maximum absolute atomic E-state index is 11.7. The van der Waals surface area contributed by atoms with Gasteiger partial charge >= 0.3 is 0 Å². The standard InChI is InChI=1S/C16H26O2/c1-13(7-6-8-14(2)11-12-17)9-10-15(18)16(3,4)5/h7,9-11,17H,6,8,12H2,1-5H3/b10-9+,13-7+,14-11+. The molecule has 0 aromatic rings. The van der Waals surface area contributed by atoms with E-state index >= 15 is 0 Å². The second-order valence-corrected chi connectivity index (χ2v) is 5.67. The molecule has 0 saturated carbocycles. The van der Waals surface area contributed by atoms with Gasteiger partial charge in [0.2, 0.25) is 0 Å². The molecular formula is C16H26O2. The molecule has 0 aromatic carbocycles. The van der Waals surface area contributed by atoms with Gasteiger partial charge in [-0.3, -0.25) is 4.79 Å². The van der Waals surface area contributed by atoms with Crippen molar-refractivity contribution in [2.24, 2.45) is 5.41 Å². The van der Waals surface area contributed by atoms with Crippen LogP contribution in [0.1, 0.15) is 47.5 Å². The summed E-state index contributed by atoms with van der Waals surface area (Å²) in [5.41, 5.74) is 1.98. The van der Waals surface area contributed by atoms with Crippen LogP contribution in [-0.2, 0) is 4.79 Å². The highest BCUT2D eigenvalue weighted by Crippen LogP contribution is 2.15. The molecule has 102 valence electrons. The van der Waals surface area contributed by atoms with Gasteiger partial charge in [0.25, 0.3) is 0 Å². The van der Waals surface area contributed by atoms with Crippen LogP contribution in [-0.4, -0.2) is 17.5 Å². The molecule has 0 heterocycles. The molecule has 0 unspecified atom stereocenters. The normalized spacial score (nSPS) is 14.3. The van der Waals surface area contributed by atoms with Gasteiger partial charge in [-0.05, 0) is 32.8 Å². The second-order valence-electron chi connectivity index (χ2n) is 5.67. The van der Waals surface area contributed by atoms with Crippen LogP contribution in [0.15, 0.2) is 35.5 Å². The predicted octanol–water partition coefficient (Wildman–Crippen LogP) is 3.82. The van der Waals surface area contributed by atoms with Gasteiger partial charge in [-0.1, -0.05) is 50.1 Å².